The molecule has 0 N–H and O–H groups in total. The summed E-state index contributed by atoms with van der Waals surface area (Å²) in [6, 6.07) is 35.4. The fourth-order valence-electron chi connectivity index (χ4n) is 3.67. The summed E-state index contributed by atoms with van der Waals surface area (Å²) in [5.74, 6) is 0. The first-order chi connectivity index (χ1) is 15.3. The Morgan fingerprint density at radius 2 is 1.42 bits per heavy atom. The second-order valence-electron chi connectivity index (χ2n) is 7.22. The minimum atomic E-state index is 0.577. The van der Waals surface area contributed by atoms with Crippen LogP contribution >= 0.6 is 11.3 Å². The molecule has 0 saturated heterocycles. The molecule has 0 radical (unpaired) electrons. The average Bonchev–Trinajstić information content (AvgIpc) is 3.33. The second-order valence-corrected chi connectivity index (χ2v) is 8.08. The van der Waals surface area contributed by atoms with Crippen LogP contribution < -0.4 is 0 Å². The van der Waals surface area contributed by atoms with Crippen LogP contribution in [-0.2, 0) is 0 Å². The van der Waals surface area contributed by atoms with E-state index in [4.69, 9.17) is 4.98 Å². The Morgan fingerprint density at radius 3 is 2.23 bits per heavy atom. The summed E-state index contributed by atoms with van der Waals surface area (Å²) in [5.41, 5.74) is 5.90. The molecule has 0 fully saturated rings. The minimum Gasteiger partial charge on any atom is -0.235 e. The number of rotatable bonds is 4. The van der Waals surface area contributed by atoms with Gasteiger partial charge < -0.3 is 0 Å². The molecule has 0 aliphatic heterocycles. The van der Waals surface area contributed by atoms with Crippen LogP contribution in [0, 0.1) is 11.3 Å². The van der Waals surface area contributed by atoms with Crippen LogP contribution in [0.3, 0.4) is 0 Å². The van der Waals surface area contributed by atoms with Crippen molar-refractivity contribution in [3.05, 3.63) is 113 Å². The van der Waals surface area contributed by atoms with Gasteiger partial charge >= 0.3 is 0 Å². The highest BCUT2D eigenvalue weighted by molar-refractivity contribution is 7.11. The van der Waals surface area contributed by atoms with Gasteiger partial charge in [-0.3, -0.25) is 0 Å². The van der Waals surface area contributed by atoms with Crippen molar-refractivity contribution < 1.29 is 0 Å². The number of nitrogens with zero attached hydrogens (tertiary/aromatic N) is 2. The molecule has 1 aromatic heterocycles. The smallest absolute Gasteiger partial charge is 0.134 e. The highest BCUT2D eigenvalue weighted by atomic mass is 32.1. The van der Waals surface area contributed by atoms with E-state index in [0.717, 1.165) is 32.6 Å². The number of thiazole rings is 1. The lowest BCUT2D eigenvalue weighted by Gasteiger charge is -2.03. The molecule has 4 aromatic carbocycles. The molecule has 1 heterocycles. The Bertz CT molecular complexity index is 1420. The van der Waals surface area contributed by atoms with E-state index >= 15 is 0 Å². The van der Waals surface area contributed by atoms with E-state index in [0.29, 0.717) is 5.57 Å². The van der Waals surface area contributed by atoms with E-state index in [1.54, 1.807) is 0 Å². The Labute approximate surface area is 185 Å². The van der Waals surface area contributed by atoms with E-state index in [-0.39, 0.29) is 0 Å². The van der Waals surface area contributed by atoms with Crippen molar-refractivity contribution in [1.82, 2.24) is 4.98 Å². The zero-order valence-corrected chi connectivity index (χ0v) is 17.5. The Balaban J connectivity index is 1.46. The van der Waals surface area contributed by atoms with E-state index < -0.39 is 0 Å². The summed E-state index contributed by atoms with van der Waals surface area (Å²) in [7, 11) is 0. The normalized spacial score (nSPS) is 11.4. The van der Waals surface area contributed by atoms with Crippen LogP contribution in [0.25, 0.3) is 44.8 Å². The number of fused-ring (bicyclic) bond motifs is 1. The third-order valence-electron chi connectivity index (χ3n) is 5.27. The van der Waals surface area contributed by atoms with E-state index in [2.05, 4.69) is 60.7 Å². The second kappa shape index (κ2) is 8.39. The maximum atomic E-state index is 9.80. The van der Waals surface area contributed by atoms with Gasteiger partial charge in [-0.15, -0.1) is 11.3 Å². The largest absolute Gasteiger partial charge is 0.235 e. The molecule has 0 saturated carbocycles. The van der Waals surface area contributed by atoms with Crippen molar-refractivity contribution in [3.8, 4) is 28.5 Å². The standard InChI is InChI=1S/C28H18N2S/c29-18-25(17-24-11-6-10-22-9-4-5-12-26(22)24)28-30-27(19-31-28)23-15-13-21(14-16-23)20-7-2-1-3-8-20/h1-17,19H. The molecule has 31 heavy (non-hydrogen) atoms. The molecular weight excluding hydrogens is 396 g/mol. The van der Waals surface area contributed by atoms with Gasteiger partial charge in [0.15, 0.2) is 0 Å². The van der Waals surface area contributed by atoms with Gasteiger partial charge in [0.05, 0.1) is 11.3 Å². The molecule has 2 nitrogen and oxygen atoms in total. The van der Waals surface area contributed by atoms with E-state index in [9.17, 15) is 5.26 Å². The molecule has 0 atom stereocenters. The Morgan fingerprint density at radius 1 is 0.742 bits per heavy atom. The van der Waals surface area contributed by atoms with Crippen molar-refractivity contribution in [2.45, 2.75) is 0 Å². The van der Waals surface area contributed by atoms with Gasteiger partial charge in [0.25, 0.3) is 0 Å². The molecule has 0 bridgehead atoms. The number of aromatic nitrogens is 1. The Hall–Kier alpha value is -4.00. The predicted octanol–water partition coefficient (Wildman–Crippen LogP) is 7.69. The number of hydrogen-bond acceptors (Lipinski definition) is 3. The van der Waals surface area contributed by atoms with Crippen molar-refractivity contribution >= 4 is 33.8 Å². The van der Waals surface area contributed by atoms with Crippen LogP contribution in [-0.4, -0.2) is 4.98 Å². The summed E-state index contributed by atoms with van der Waals surface area (Å²) in [5, 5.41) is 14.8. The number of benzene rings is 4. The molecule has 0 aliphatic carbocycles. The molecule has 0 unspecified atom stereocenters. The average molecular weight is 415 g/mol. The summed E-state index contributed by atoms with van der Waals surface area (Å²) >= 11 is 1.50. The lowest BCUT2D eigenvalue weighted by Crippen LogP contribution is -1.84. The fraction of sp³-hybridized carbons (Fsp3) is 0. The number of nitriles is 1. The number of allylic oxidation sites excluding steroid dienone is 1. The van der Waals surface area contributed by atoms with Crippen LogP contribution in [0.4, 0.5) is 0 Å². The van der Waals surface area contributed by atoms with Gasteiger partial charge in [0.2, 0.25) is 0 Å². The van der Waals surface area contributed by atoms with Gasteiger partial charge in [-0.25, -0.2) is 4.98 Å². The zero-order valence-electron chi connectivity index (χ0n) is 16.7. The molecule has 5 aromatic rings. The van der Waals surface area contributed by atoms with Crippen LogP contribution in [0.15, 0.2) is 102 Å². The van der Waals surface area contributed by atoms with Gasteiger partial charge in [0.1, 0.15) is 11.1 Å². The third-order valence-corrected chi connectivity index (χ3v) is 6.14. The van der Waals surface area contributed by atoms with Crippen LogP contribution in [0.1, 0.15) is 10.6 Å². The predicted molar refractivity (Wildman–Crippen MR) is 130 cm³/mol. The molecule has 0 aliphatic rings. The topological polar surface area (TPSA) is 36.7 Å². The SMILES string of the molecule is N#CC(=Cc1cccc2ccccc12)c1nc(-c2ccc(-c3ccccc3)cc2)cs1. The Kier molecular flexibility index (Phi) is 5.14. The van der Waals surface area contributed by atoms with E-state index in [1.165, 1.54) is 22.5 Å². The first-order valence-electron chi connectivity index (χ1n) is 10.0. The molecule has 3 heteroatoms. The first kappa shape index (κ1) is 19.0. The molecule has 5 rings (SSSR count). The van der Waals surface area contributed by atoms with Gasteiger partial charge in [-0.05, 0) is 33.5 Å². The molecule has 0 amide bonds. The molecule has 0 spiro atoms. The van der Waals surface area contributed by atoms with Gasteiger partial charge in [-0.2, -0.15) is 5.26 Å². The van der Waals surface area contributed by atoms with Crippen molar-refractivity contribution in [1.29, 1.82) is 5.26 Å². The summed E-state index contributed by atoms with van der Waals surface area (Å²) in [6.07, 6.45) is 1.93. The third kappa shape index (κ3) is 3.90. The van der Waals surface area contributed by atoms with Crippen LogP contribution in [0.5, 0.6) is 0 Å². The summed E-state index contributed by atoms with van der Waals surface area (Å²) < 4.78 is 0. The lowest BCUT2D eigenvalue weighted by molar-refractivity contribution is 1.37. The monoisotopic (exact) mass is 414 g/mol. The maximum Gasteiger partial charge on any atom is 0.134 e. The minimum absolute atomic E-state index is 0.577. The van der Waals surface area contributed by atoms with Crippen molar-refractivity contribution in [2.75, 3.05) is 0 Å². The van der Waals surface area contributed by atoms with Gasteiger partial charge in [0, 0.05) is 10.9 Å². The van der Waals surface area contributed by atoms with Crippen molar-refractivity contribution in [2.24, 2.45) is 0 Å². The summed E-state index contributed by atoms with van der Waals surface area (Å²) in [6.45, 7) is 0. The fourth-order valence-corrected chi connectivity index (χ4v) is 4.46. The highest BCUT2D eigenvalue weighted by Crippen LogP contribution is 2.30. The van der Waals surface area contributed by atoms with Gasteiger partial charge in [-0.1, -0.05) is 97.1 Å². The number of hydrogen-bond donors (Lipinski definition) is 0. The maximum absolute atomic E-state index is 9.80. The quantitative estimate of drug-likeness (QED) is 0.283. The first-order valence-corrected chi connectivity index (χ1v) is 10.9. The lowest BCUT2D eigenvalue weighted by atomic mass is 10.0. The van der Waals surface area contributed by atoms with E-state index in [1.807, 2.05) is 53.9 Å². The highest BCUT2D eigenvalue weighted by Gasteiger charge is 2.10. The van der Waals surface area contributed by atoms with Crippen LogP contribution in [0.2, 0.25) is 0 Å². The zero-order chi connectivity index (χ0) is 21.0. The molecule has 146 valence electrons. The molecular formula is C28H18N2S. The van der Waals surface area contributed by atoms with Crippen molar-refractivity contribution in [3.63, 3.8) is 0 Å². The summed E-state index contributed by atoms with van der Waals surface area (Å²) in [4.78, 5) is 4.76.